The van der Waals surface area contributed by atoms with Gasteiger partial charge in [-0.3, -0.25) is 0 Å². The van der Waals surface area contributed by atoms with Gasteiger partial charge in [-0.1, -0.05) is 49.7 Å². The van der Waals surface area contributed by atoms with Crippen LogP contribution in [0.5, 0.6) is 0 Å². The Labute approximate surface area is 113 Å². The van der Waals surface area contributed by atoms with Crippen molar-refractivity contribution >= 4 is 5.97 Å². The number of aryl methyl sites for hydroxylation is 2. The van der Waals surface area contributed by atoms with Crippen molar-refractivity contribution in [2.45, 2.75) is 26.7 Å². The Bertz CT molecular complexity index is 583. The molecule has 0 fully saturated rings. The van der Waals surface area contributed by atoms with Crippen LogP contribution in [0.3, 0.4) is 0 Å². The second-order valence-corrected chi connectivity index (χ2v) is 4.78. The van der Waals surface area contributed by atoms with E-state index in [9.17, 15) is 4.79 Å². The van der Waals surface area contributed by atoms with Gasteiger partial charge in [-0.15, -0.1) is 0 Å². The van der Waals surface area contributed by atoms with Gasteiger partial charge in [0.25, 0.3) is 0 Å². The maximum Gasteiger partial charge on any atom is 0.335 e. The molecule has 0 spiro atoms. The fourth-order valence-corrected chi connectivity index (χ4v) is 2.18. The predicted octanol–water partition coefficient (Wildman–Crippen LogP) is 4.31. The summed E-state index contributed by atoms with van der Waals surface area (Å²) < 4.78 is 0. The zero-order valence-corrected chi connectivity index (χ0v) is 11.3. The third kappa shape index (κ3) is 3.02. The molecule has 2 aromatic rings. The lowest BCUT2D eigenvalue weighted by Gasteiger charge is -2.07. The molecular weight excluding hydrogens is 236 g/mol. The summed E-state index contributed by atoms with van der Waals surface area (Å²) >= 11 is 0. The largest absolute Gasteiger partial charge is 0.478 e. The second kappa shape index (κ2) is 5.70. The van der Waals surface area contributed by atoms with Gasteiger partial charge in [0, 0.05) is 0 Å². The van der Waals surface area contributed by atoms with Crippen molar-refractivity contribution in [3.63, 3.8) is 0 Å². The minimum atomic E-state index is -0.873. The molecule has 2 rings (SSSR count). The molecule has 2 aromatic carbocycles. The summed E-state index contributed by atoms with van der Waals surface area (Å²) in [4.78, 5) is 11.1. The van der Waals surface area contributed by atoms with E-state index in [1.807, 2.05) is 19.1 Å². The van der Waals surface area contributed by atoms with Crippen molar-refractivity contribution in [1.82, 2.24) is 0 Å². The van der Waals surface area contributed by atoms with Crippen LogP contribution in [0.4, 0.5) is 0 Å². The normalized spacial score (nSPS) is 10.4. The highest BCUT2D eigenvalue weighted by Crippen LogP contribution is 2.23. The van der Waals surface area contributed by atoms with Crippen LogP contribution >= 0.6 is 0 Å². The third-order valence-corrected chi connectivity index (χ3v) is 3.29. The van der Waals surface area contributed by atoms with E-state index in [2.05, 4.69) is 31.2 Å². The molecule has 2 nitrogen and oxygen atoms in total. The SMILES string of the molecule is CCCc1ccc(-c2ccc(C)c(C(=O)O)c2)cc1. The van der Waals surface area contributed by atoms with E-state index in [0.29, 0.717) is 5.56 Å². The molecule has 0 saturated heterocycles. The van der Waals surface area contributed by atoms with Crippen molar-refractivity contribution in [3.05, 3.63) is 59.2 Å². The molecule has 19 heavy (non-hydrogen) atoms. The monoisotopic (exact) mass is 254 g/mol. The minimum absolute atomic E-state index is 0.370. The molecule has 0 aliphatic heterocycles. The quantitative estimate of drug-likeness (QED) is 0.882. The summed E-state index contributed by atoms with van der Waals surface area (Å²) in [6.45, 7) is 3.98. The number of hydrogen-bond donors (Lipinski definition) is 1. The van der Waals surface area contributed by atoms with E-state index in [-0.39, 0.29) is 0 Å². The molecule has 0 heterocycles. The molecule has 1 N–H and O–H groups in total. The van der Waals surface area contributed by atoms with E-state index in [1.54, 1.807) is 6.07 Å². The molecule has 0 bridgehead atoms. The standard InChI is InChI=1S/C17H18O2/c1-3-4-13-6-9-14(10-7-13)15-8-5-12(2)16(11-15)17(18)19/h5-11H,3-4H2,1-2H3,(H,18,19). The highest BCUT2D eigenvalue weighted by atomic mass is 16.4. The Morgan fingerprint density at radius 3 is 2.26 bits per heavy atom. The Balaban J connectivity index is 2.36. The van der Waals surface area contributed by atoms with Gasteiger partial charge in [0.15, 0.2) is 0 Å². The lowest BCUT2D eigenvalue weighted by atomic mass is 9.98. The molecular formula is C17H18O2. The molecule has 2 heteroatoms. The summed E-state index contributed by atoms with van der Waals surface area (Å²) in [6, 6.07) is 13.9. The number of hydrogen-bond acceptors (Lipinski definition) is 1. The molecule has 0 aliphatic carbocycles. The van der Waals surface area contributed by atoms with Crippen LogP contribution in [0.2, 0.25) is 0 Å². The third-order valence-electron chi connectivity index (χ3n) is 3.29. The van der Waals surface area contributed by atoms with E-state index >= 15 is 0 Å². The smallest absolute Gasteiger partial charge is 0.335 e. The van der Waals surface area contributed by atoms with Gasteiger partial charge >= 0.3 is 5.97 Å². The topological polar surface area (TPSA) is 37.3 Å². The number of carboxylic acids is 1. The summed E-state index contributed by atoms with van der Waals surface area (Å²) in [7, 11) is 0. The predicted molar refractivity (Wildman–Crippen MR) is 77.6 cm³/mol. The lowest BCUT2D eigenvalue weighted by Crippen LogP contribution is -1.99. The Morgan fingerprint density at radius 2 is 1.68 bits per heavy atom. The molecule has 0 radical (unpaired) electrons. The molecule has 0 saturated carbocycles. The fourth-order valence-electron chi connectivity index (χ4n) is 2.18. The van der Waals surface area contributed by atoms with E-state index in [4.69, 9.17) is 5.11 Å². The van der Waals surface area contributed by atoms with Gasteiger partial charge in [-0.2, -0.15) is 0 Å². The maximum absolute atomic E-state index is 11.1. The van der Waals surface area contributed by atoms with Crippen LogP contribution in [0.15, 0.2) is 42.5 Å². The first-order chi connectivity index (χ1) is 9.11. The van der Waals surface area contributed by atoms with Crippen molar-refractivity contribution in [2.24, 2.45) is 0 Å². The van der Waals surface area contributed by atoms with Gasteiger partial charge in [0.2, 0.25) is 0 Å². The summed E-state index contributed by atoms with van der Waals surface area (Å²) in [5.41, 5.74) is 4.49. The second-order valence-electron chi connectivity index (χ2n) is 4.78. The Morgan fingerprint density at radius 1 is 1.05 bits per heavy atom. The first-order valence-electron chi connectivity index (χ1n) is 6.55. The Kier molecular flexibility index (Phi) is 4.00. The van der Waals surface area contributed by atoms with Crippen molar-refractivity contribution in [3.8, 4) is 11.1 Å². The van der Waals surface area contributed by atoms with E-state index in [1.165, 1.54) is 5.56 Å². The first kappa shape index (κ1) is 13.3. The van der Waals surface area contributed by atoms with Gasteiger partial charge in [0.05, 0.1) is 5.56 Å². The number of carbonyl (C=O) groups is 1. The highest BCUT2D eigenvalue weighted by Gasteiger charge is 2.08. The number of benzene rings is 2. The average molecular weight is 254 g/mol. The summed E-state index contributed by atoms with van der Waals surface area (Å²) in [5, 5.41) is 9.15. The fraction of sp³-hybridized carbons (Fsp3) is 0.235. The highest BCUT2D eigenvalue weighted by molar-refractivity contribution is 5.91. The molecule has 0 atom stereocenters. The lowest BCUT2D eigenvalue weighted by molar-refractivity contribution is 0.0696. The van der Waals surface area contributed by atoms with E-state index < -0.39 is 5.97 Å². The summed E-state index contributed by atoms with van der Waals surface area (Å²) in [5.74, 6) is -0.873. The van der Waals surface area contributed by atoms with Crippen LogP contribution < -0.4 is 0 Å². The van der Waals surface area contributed by atoms with Crippen LogP contribution in [0.25, 0.3) is 11.1 Å². The minimum Gasteiger partial charge on any atom is -0.478 e. The molecule has 0 unspecified atom stereocenters. The van der Waals surface area contributed by atoms with E-state index in [0.717, 1.165) is 29.5 Å². The summed E-state index contributed by atoms with van der Waals surface area (Å²) in [6.07, 6.45) is 2.21. The van der Waals surface area contributed by atoms with Crippen molar-refractivity contribution in [1.29, 1.82) is 0 Å². The zero-order chi connectivity index (χ0) is 13.8. The Hall–Kier alpha value is -2.09. The number of aromatic carboxylic acids is 1. The number of rotatable bonds is 4. The van der Waals surface area contributed by atoms with Crippen molar-refractivity contribution < 1.29 is 9.90 Å². The van der Waals surface area contributed by atoms with Crippen LogP contribution in [-0.2, 0) is 6.42 Å². The molecule has 98 valence electrons. The first-order valence-corrected chi connectivity index (χ1v) is 6.55. The van der Waals surface area contributed by atoms with Crippen LogP contribution in [0, 0.1) is 6.92 Å². The van der Waals surface area contributed by atoms with Gasteiger partial charge in [-0.05, 0) is 41.7 Å². The molecule has 0 aliphatic rings. The van der Waals surface area contributed by atoms with Gasteiger partial charge < -0.3 is 5.11 Å². The molecule has 0 aromatic heterocycles. The molecule has 0 amide bonds. The van der Waals surface area contributed by atoms with Gasteiger partial charge in [-0.25, -0.2) is 4.79 Å². The van der Waals surface area contributed by atoms with Crippen molar-refractivity contribution in [2.75, 3.05) is 0 Å². The number of carboxylic acid groups (broad SMARTS) is 1. The maximum atomic E-state index is 11.1. The average Bonchev–Trinajstić information content (AvgIpc) is 2.40. The zero-order valence-electron chi connectivity index (χ0n) is 11.3. The van der Waals surface area contributed by atoms with Crippen LogP contribution in [-0.4, -0.2) is 11.1 Å². The van der Waals surface area contributed by atoms with Gasteiger partial charge in [0.1, 0.15) is 0 Å². The van der Waals surface area contributed by atoms with Crippen LogP contribution in [0.1, 0.15) is 34.8 Å².